The van der Waals surface area contributed by atoms with E-state index in [1.54, 1.807) is 0 Å². The van der Waals surface area contributed by atoms with Gasteiger partial charge in [-0.05, 0) is 30.3 Å². The third-order valence-corrected chi connectivity index (χ3v) is 5.44. The minimum atomic E-state index is -3.97. The van der Waals surface area contributed by atoms with E-state index in [4.69, 9.17) is 16.0 Å². The molecule has 10 heteroatoms. The van der Waals surface area contributed by atoms with Gasteiger partial charge in [0, 0.05) is 29.8 Å². The highest BCUT2D eigenvalue weighted by atomic mass is 35.5. The highest BCUT2D eigenvalue weighted by Crippen LogP contribution is 2.33. The number of nitro benzene ring substituents is 1. The van der Waals surface area contributed by atoms with Crippen molar-refractivity contribution < 1.29 is 17.8 Å². The average molecular weight is 394 g/mol. The molecule has 0 bridgehead atoms. The second kappa shape index (κ2) is 6.77. The molecular formula is C16H12ClN3O5S. The molecule has 0 spiro atoms. The Kier molecular flexibility index (Phi) is 4.66. The van der Waals surface area contributed by atoms with Gasteiger partial charge in [-0.2, -0.15) is 4.98 Å². The minimum Gasteiger partial charge on any atom is -0.419 e. The smallest absolute Gasteiger partial charge is 0.270 e. The summed E-state index contributed by atoms with van der Waals surface area (Å²) in [6.45, 7) is 0. The van der Waals surface area contributed by atoms with Gasteiger partial charge in [-0.1, -0.05) is 17.7 Å². The van der Waals surface area contributed by atoms with E-state index < -0.39 is 14.8 Å². The first kappa shape index (κ1) is 17.9. The molecule has 0 radical (unpaired) electrons. The Labute approximate surface area is 153 Å². The molecule has 1 N–H and O–H groups in total. The minimum absolute atomic E-state index is 0.00251. The summed E-state index contributed by atoms with van der Waals surface area (Å²) >= 11 is 5.79. The number of halogens is 1. The van der Waals surface area contributed by atoms with Gasteiger partial charge in [-0.3, -0.25) is 10.1 Å². The van der Waals surface area contributed by atoms with E-state index >= 15 is 0 Å². The lowest BCUT2D eigenvalue weighted by Crippen LogP contribution is -2.05. The molecule has 26 heavy (non-hydrogen) atoms. The lowest BCUT2D eigenvalue weighted by atomic mass is 10.2. The van der Waals surface area contributed by atoms with E-state index in [2.05, 4.69) is 10.3 Å². The number of hydrogen-bond acceptors (Lipinski definition) is 7. The number of oxazole rings is 1. The molecule has 1 heterocycles. The van der Waals surface area contributed by atoms with Crippen molar-refractivity contribution in [3.63, 3.8) is 0 Å². The number of anilines is 1. The number of nitro groups is 1. The SMILES string of the molecule is CNc1oc(-c2cccc([N+](=O)[O-])c2)nc1S(=O)(=O)c1ccc(Cl)cc1. The topological polar surface area (TPSA) is 115 Å². The zero-order valence-corrected chi connectivity index (χ0v) is 14.9. The fraction of sp³-hybridized carbons (Fsp3) is 0.0625. The molecule has 0 aliphatic rings. The van der Waals surface area contributed by atoms with Crippen LogP contribution in [0.25, 0.3) is 11.5 Å². The van der Waals surface area contributed by atoms with Crippen LogP contribution >= 0.6 is 11.6 Å². The molecule has 0 amide bonds. The van der Waals surface area contributed by atoms with Crippen molar-refractivity contribution in [1.82, 2.24) is 4.98 Å². The quantitative estimate of drug-likeness (QED) is 0.518. The van der Waals surface area contributed by atoms with Gasteiger partial charge in [0.2, 0.25) is 26.6 Å². The van der Waals surface area contributed by atoms with Crippen molar-refractivity contribution in [3.05, 3.63) is 63.7 Å². The van der Waals surface area contributed by atoms with Crippen LogP contribution in [0, 0.1) is 10.1 Å². The van der Waals surface area contributed by atoms with Gasteiger partial charge < -0.3 is 9.73 Å². The number of nitrogens with one attached hydrogen (secondary N) is 1. The van der Waals surface area contributed by atoms with Crippen LogP contribution in [-0.2, 0) is 9.84 Å². The van der Waals surface area contributed by atoms with Gasteiger partial charge in [-0.15, -0.1) is 0 Å². The second-order valence-corrected chi connectivity index (χ2v) is 7.47. The Balaban J connectivity index is 2.11. The summed E-state index contributed by atoms with van der Waals surface area (Å²) < 4.78 is 31.1. The third-order valence-electron chi connectivity index (χ3n) is 3.51. The molecule has 134 valence electrons. The van der Waals surface area contributed by atoms with Crippen LogP contribution in [-0.4, -0.2) is 25.4 Å². The lowest BCUT2D eigenvalue weighted by molar-refractivity contribution is -0.384. The fourth-order valence-electron chi connectivity index (χ4n) is 2.25. The molecular weight excluding hydrogens is 382 g/mol. The van der Waals surface area contributed by atoms with Crippen molar-refractivity contribution in [3.8, 4) is 11.5 Å². The molecule has 0 unspecified atom stereocenters. The van der Waals surface area contributed by atoms with E-state index in [1.807, 2.05) is 0 Å². The van der Waals surface area contributed by atoms with Crippen LogP contribution in [0.15, 0.2) is 62.9 Å². The van der Waals surface area contributed by atoms with Gasteiger partial charge in [0.15, 0.2) is 0 Å². The van der Waals surface area contributed by atoms with E-state index in [0.29, 0.717) is 5.02 Å². The van der Waals surface area contributed by atoms with Crippen molar-refractivity contribution >= 4 is 33.0 Å². The van der Waals surface area contributed by atoms with Crippen LogP contribution in [0.1, 0.15) is 0 Å². The van der Waals surface area contributed by atoms with E-state index in [0.717, 1.165) is 0 Å². The van der Waals surface area contributed by atoms with Gasteiger partial charge >= 0.3 is 0 Å². The summed E-state index contributed by atoms with van der Waals surface area (Å²) in [7, 11) is -2.49. The van der Waals surface area contributed by atoms with E-state index in [9.17, 15) is 18.5 Å². The Morgan fingerprint density at radius 2 is 1.88 bits per heavy atom. The molecule has 2 aromatic carbocycles. The first-order valence-corrected chi connectivity index (χ1v) is 9.13. The predicted octanol–water partition coefficient (Wildman–Crippen LogP) is 3.78. The summed E-state index contributed by atoms with van der Waals surface area (Å²) in [6, 6.07) is 11.2. The first-order chi connectivity index (χ1) is 12.3. The molecule has 0 aliphatic heterocycles. The maximum Gasteiger partial charge on any atom is 0.270 e. The standard InChI is InChI=1S/C16H12ClN3O5S/c1-18-15-16(26(23,24)13-7-5-11(17)6-8-13)19-14(25-15)10-3-2-4-12(9-10)20(21)22/h2-9,18H,1H3. The lowest BCUT2D eigenvalue weighted by Gasteiger charge is -2.02. The largest absolute Gasteiger partial charge is 0.419 e. The number of hydrogen-bond donors (Lipinski definition) is 1. The van der Waals surface area contributed by atoms with Crippen LogP contribution < -0.4 is 5.32 Å². The molecule has 0 saturated heterocycles. The highest BCUT2D eigenvalue weighted by Gasteiger charge is 2.28. The number of aromatic nitrogens is 1. The molecule has 3 aromatic rings. The van der Waals surface area contributed by atoms with Crippen molar-refractivity contribution in [1.29, 1.82) is 0 Å². The maximum absolute atomic E-state index is 12.8. The number of nitrogens with zero attached hydrogens (tertiary/aromatic N) is 2. The number of benzene rings is 2. The third kappa shape index (κ3) is 3.26. The van der Waals surface area contributed by atoms with Crippen LogP contribution in [0.3, 0.4) is 0 Å². The van der Waals surface area contributed by atoms with Gasteiger partial charge in [-0.25, -0.2) is 8.42 Å². The zero-order valence-electron chi connectivity index (χ0n) is 13.3. The second-order valence-electron chi connectivity index (χ2n) is 5.17. The number of non-ortho nitro benzene ring substituents is 1. The summed E-state index contributed by atoms with van der Waals surface area (Å²) in [4.78, 5) is 14.4. The summed E-state index contributed by atoms with van der Waals surface area (Å²) in [6.07, 6.45) is 0. The summed E-state index contributed by atoms with van der Waals surface area (Å²) in [5.74, 6) is -0.118. The van der Waals surface area contributed by atoms with E-state index in [-0.39, 0.29) is 32.9 Å². The average Bonchev–Trinajstić information content (AvgIpc) is 3.07. The molecule has 8 nitrogen and oxygen atoms in total. The van der Waals surface area contributed by atoms with Crippen LogP contribution in [0.4, 0.5) is 11.6 Å². The van der Waals surface area contributed by atoms with Crippen molar-refractivity contribution in [2.24, 2.45) is 0 Å². The fourth-order valence-corrected chi connectivity index (χ4v) is 3.68. The molecule has 0 aliphatic carbocycles. The van der Waals surface area contributed by atoms with Gasteiger partial charge in [0.05, 0.1) is 9.82 Å². The summed E-state index contributed by atoms with van der Waals surface area (Å²) in [5.41, 5.74) is 0.127. The zero-order chi connectivity index (χ0) is 18.9. The van der Waals surface area contributed by atoms with Crippen molar-refractivity contribution in [2.75, 3.05) is 12.4 Å². The molecule has 0 atom stereocenters. The molecule has 3 rings (SSSR count). The van der Waals surface area contributed by atoms with E-state index in [1.165, 1.54) is 55.6 Å². The van der Waals surface area contributed by atoms with Gasteiger partial charge in [0.25, 0.3) is 5.69 Å². The number of rotatable bonds is 5. The maximum atomic E-state index is 12.8. The van der Waals surface area contributed by atoms with Gasteiger partial charge in [0.1, 0.15) is 0 Å². The Morgan fingerprint density at radius 1 is 1.19 bits per heavy atom. The van der Waals surface area contributed by atoms with Crippen molar-refractivity contribution in [2.45, 2.75) is 9.92 Å². The summed E-state index contributed by atoms with van der Waals surface area (Å²) in [5, 5.41) is 13.6. The van der Waals surface area contributed by atoms with Crippen LogP contribution in [0.2, 0.25) is 5.02 Å². The molecule has 0 fully saturated rings. The normalized spacial score (nSPS) is 11.3. The monoisotopic (exact) mass is 393 g/mol. The predicted molar refractivity (Wildman–Crippen MR) is 95.0 cm³/mol. The Hall–Kier alpha value is -2.91. The molecule has 1 aromatic heterocycles. The Morgan fingerprint density at radius 3 is 2.50 bits per heavy atom. The Bertz CT molecular complexity index is 1080. The highest BCUT2D eigenvalue weighted by molar-refractivity contribution is 7.91. The first-order valence-electron chi connectivity index (χ1n) is 7.27. The van der Waals surface area contributed by atoms with Crippen LogP contribution in [0.5, 0.6) is 0 Å². The number of sulfone groups is 1. The molecule has 0 saturated carbocycles.